The lowest BCUT2D eigenvalue weighted by atomic mass is 10.1. The first-order chi connectivity index (χ1) is 12.8. The Morgan fingerprint density at radius 1 is 1.12 bits per heavy atom. The third-order valence-electron chi connectivity index (χ3n) is 5.04. The molecule has 0 aliphatic carbocycles. The number of rotatable bonds is 4. The van der Waals surface area contributed by atoms with Crippen LogP contribution in [-0.4, -0.2) is 53.7 Å². The fourth-order valence-electron chi connectivity index (χ4n) is 3.72. The number of hydrogen-bond donors (Lipinski definition) is 0. The summed E-state index contributed by atoms with van der Waals surface area (Å²) >= 11 is 1.64. The van der Waals surface area contributed by atoms with Gasteiger partial charge in [0.1, 0.15) is 16.3 Å². The molecule has 0 amide bonds. The number of nitrogens with zero attached hydrogens (tertiary/aromatic N) is 7. The van der Waals surface area contributed by atoms with E-state index in [0.29, 0.717) is 0 Å². The van der Waals surface area contributed by atoms with E-state index in [1.54, 1.807) is 11.3 Å². The van der Waals surface area contributed by atoms with Crippen molar-refractivity contribution < 1.29 is 0 Å². The molecule has 1 aliphatic rings. The van der Waals surface area contributed by atoms with Gasteiger partial charge in [0, 0.05) is 19.2 Å². The van der Waals surface area contributed by atoms with Crippen LogP contribution in [0.4, 0.5) is 0 Å². The van der Waals surface area contributed by atoms with E-state index in [-0.39, 0.29) is 0 Å². The van der Waals surface area contributed by atoms with E-state index in [2.05, 4.69) is 24.5 Å². The van der Waals surface area contributed by atoms with Crippen molar-refractivity contribution in [2.75, 3.05) is 19.6 Å². The Kier molecular flexibility index (Phi) is 3.94. The first-order valence-electron chi connectivity index (χ1n) is 9.17. The zero-order valence-corrected chi connectivity index (χ0v) is 15.6. The van der Waals surface area contributed by atoms with Crippen molar-refractivity contribution in [3.8, 4) is 11.5 Å². The molecule has 0 atom stereocenters. The highest BCUT2D eigenvalue weighted by Gasteiger charge is 2.20. The number of fused-ring (bicyclic) bond motifs is 2. The van der Waals surface area contributed by atoms with Crippen molar-refractivity contribution in [1.82, 2.24) is 34.1 Å². The predicted molar refractivity (Wildman–Crippen MR) is 102 cm³/mol. The van der Waals surface area contributed by atoms with Crippen LogP contribution in [0.5, 0.6) is 0 Å². The molecule has 0 unspecified atom stereocenters. The molecule has 7 nitrogen and oxygen atoms in total. The highest BCUT2D eigenvalue weighted by Crippen LogP contribution is 2.25. The second-order valence-corrected chi connectivity index (χ2v) is 7.88. The fraction of sp³-hybridized carbons (Fsp3) is 0.444. The molecular formula is C18H21N7S. The van der Waals surface area contributed by atoms with Gasteiger partial charge in [-0.1, -0.05) is 23.8 Å². The lowest BCUT2D eigenvalue weighted by molar-refractivity contribution is 0.231. The maximum Gasteiger partial charge on any atom is 0.235 e. The van der Waals surface area contributed by atoms with Crippen molar-refractivity contribution in [2.24, 2.45) is 0 Å². The molecule has 1 fully saturated rings. The van der Waals surface area contributed by atoms with E-state index in [1.807, 2.05) is 35.8 Å². The molecule has 0 radical (unpaired) electrons. The zero-order chi connectivity index (χ0) is 17.5. The number of aryl methyl sites for hydroxylation is 1. The van der Waals surface area contributed by atoms with Crippen LogP contribution in [0, 0.1) is 6.92 Å². The maximum absolute atomic E-state index is 4.80. The van der Waals surface area contributed by atoms with Crippen molar-refractivity contribution in [3.63, 3.8) is 0 Å². The lowest BCUT2D eigenvalue weighted by Gasteiger charge is -2.25. The molecule has 5 rings (SSSR count). The van der Waals surface area contributed by atoms with E-state index >= 15 is 0 Å². The van der Waals surface area contributed by atoms with E-state index in [4.69, 9.17) is 5.10 Å². The molecular weight excluding hydrogens is 346 g/mol. The summed E-state index contributed by atoms with van der Waals surface area (Å²) in [5, 5.41) is 14.7. The van der Waals surface area contributed by atoms with Gasteiger partial charge in [-0.2, -0.15) is 9.61 Å². The normalized spacial score (nSPS) is 16.0. The average Bonchev–Trinajstić information content (AvgIpc) is 3.32. The van der Waals surface area contributed by atoms with Crippen LogP contribution < -0.4 is 0 Å². The van der Waals surface area contributed by atoms with Gasteiger partial charge in [0.05, 0.1) is 5.69 Å². The molecule has 0 aromatic carbocycles. The van der Waals surface area contributed by atoms with E-state index in [9.17, 15) is 0 Å². The summed E-state index contributed by atoms with van der Waals surface area (Å²) in [6.45, 7) is 5.52. The Morgan fingerprint density at radius 3 is 2.88 bits per heavy atom. The van der Waals surface area contributed by atoms with Gasteiger partial charge in [0.25, 0.3) is 0 Å². The molecule has 1 aliphatic heterocycles. The second-order valence-electron chi connectivity index (χ2n) is 6.84. The molecule has 0 bridgehead atoms. The van der Waals surface area contributed by atoms with Gasteiger partial charge in [-0.25, -0.2) is 4.98 Å². The van der Waals surface area contributed by atoms with Gasteiger partial charge in [-0.05, 0) is 45.0 Å². The fourth-order valence-corrected chi connectivity index (χ4v) is 4.55. The number of likely N-dealkylation sites (tertiary alicyclic amines) is 1. The number of aromatic nitrogens is 6. The van der Waals surface area contributed by atoms with Gasteiger partial charge in [0.15, 0.2) is 0 Å². The minimum Gasteiger partial charge on any atom is -0.303 e. The highest BCUT2D eigenvalue weighted by atomic mass is 32.1. The highest BCUT2D eigenvalue weighted by molar-refractivity contribution is 7.16. The zero-order valence-electron chi connectivity index (χ0n) is 14.8. The molecule has 134 valence electrons. The first kappa shape index (κ1) is 15.9. The molecule has 0 spiro atoms. The van der Waals surface area contributed by atoms with E-state index < -0.39 is 0 Å². The summed E-state index contributed by atoms with van der Waals surface area (Å²) in [5.74, 6) is 0.761. The standard InChI is InChI=1S/C18H21N7S/c1-13-16(24-11-6-3-7-14(24)19-13)17-20-21-18-25(17)22-15(26-18)8-12-23-9-4-2-5-10-23/h3,6-7,11H,2,4-5,8-10,12H2,1H3. The van der Waals surface area contributed by atoms with Gasteiger partial charge in [-0.15, -0.1) is 10.2 Å². The molecule has 4 aromatic heterocycles. The number of hydrogen-bond acceptors (Lipinski definition) is 6. The number of piperidine rings is 1. The second kappa shape index (κ2) is 6.44. The van der Waals surface area contributed by atoms with Crippen LogP contribution >= 0.6 is 11.3 Å². The quantitative estimate of drug-likeness (QED) is 0.555. The van der Waals surface area contributed by atoms with Gasteiger partial charge in [-0.3, -0.25) is 4.40 Å². The van der Waals surface area contributed by atoms with Crippen LogP contribution in [0.15, 0.2) is 24.4 Å². The first-order valence-corrected chi connectivity index (χ1v) is 9.99. The molecule has 0 saturated carbocycles. The van der Waals surface area contributed by atoms with Crippen LogP contribution in [0.2, 0.25) is 0 Å². The Balaban J connectivity index is 1.47. The van der Waals surface area contributed by atoms with Crippen LogP contribution in [0.3, 0.4) is 0 Å². The summed E-state index contributed by atoms with van der Waals surface area (Å²) in [6, 6.07) is 5.99. The number of pyridine rings is 1. The van der Waals surface area contributed by atoms with Gasteiger partial charge < -0.3 is 4.90 Å². The summed E-state index contributed by atoms with van der Waals surface area (Å²) in [7, 11) is 0. The van der Waals surface area contributed by atoms with Crippen LogP contribution in [0.25, 0.3) is 22.1 Å². The molecule has 26 heavy (non-hydrogen) atoms. The molecule has 0 N–H and O–H groups in total. The minimum atomic E-state index is 0.761. The molecule has 5 heterocycles. The monoisotopic (exact) mass is 367 g/mol. The summed E-state index contributed by atoms with van der Waals surface area (Å²) in [6.07, 6.45) is 7.00. The predicted octanol–water partition coefficient (Wildman–Crippen LogP) is 2.84. The van der Waals surface area contributed by atoms with Crippen molar-refractivity contribution >= 4 is 21.9 Å². The molecule has 4 aromatic rings. The van der Waals surface area contributed by atoms with Crippen LogP contribution in [0.1, 0.15) is 30.0 Å². The lowest BCUT2D eigenvalue weighted by Crippen LogP contribution is -2.31. The summed E-state index contributed by atoms with van der Waals surface area (Å²) < 4.78 is 3.93. The van der Waals surface area contributed by atoms with E-state index in [1.165, 1.54) is 32.4 Å². The molecule has 1 saturated heterocycles. The SMILES string of the molecule is Cc1nc2ccccn2c1-c1nnc2sc(CCN3CCCCC3)nn12. The van der Waals surface area contributed by atoms with Crippen LogP contribution in [-0.2, 0) is 6.42 Å². The molecule has 8 heteroatoms. The largest absolute Gasteiger partial charge is 0.303 e. The smallest absolute Gasteiger partial charge is 0.235 e. The van der Waals surface area contributed by atoms with Gasteiger partial charge in [0.2, 0.25) is 10.8 Å². The maximum atomic E-state index is 4.80. The van der Waals surface area contributed by atoms with Crippen molar-refractivity contribution in [1.29, 1.82) is 0 Å². The third kappa shape index (κ3) is 2.69. The van der Waals surface area contributed by atoms with Gasteiger partial charge >= 0.3 is 0 Å². The topological polar surface area (TPSA) is 63.6 Å². The van der Waals surface area contributed by atoms with E-state index in [0.717, 1.165) is 45.8 Å². The number of imidazole rings is 1. The average molecular weight is 367 g/mol. The minimum absolute atomic E-state index is 0.761. The Labute approximate surface area is 155 Å². The summed E-state index contributed by atoms with van der Waals surface area (Å²) in [5.41, 5.74) is 2.81. The Bertz CT molecular complexity index is 1050. The Morgan fingerprint density at radius 2 is 2.00 bits per heavy atom. The summed E-state index contributed by atoms with van der Waals surface area (Å²) in [4.78, 5) is 8.02. The van der Waals surface area contributed by atoms with Crippen molar-refractivity contribution in [3.05, 3.63) is 35.1 Å². The Hall–Kier alpha value is -2.32. The third-order valence-corrected chi connectivity index (χ3v) is 6.00. The van der Waals surface area contributed by atoms with Crippen molar-refractivity contribution in [2.45, 2.75) is 32.6 Å².